The summed E-state index contributed by atoms with van der Waals surface area (Å²) < 4.78 is 0. The highest BCUT2D eigenvalue weighted by molar-refractivity contribution is 5.33. The molecule has 0 amide bonds. The predicted molar refractivity (Wildman–Crippen MR) is 50.5 cm³/mol. The molecule has 0 fully saturated rings. The predicted octanol–water partition coefficient (Wildman–Crippen LogP) is 3.70. The summed E-state index contributed by atoms with van der Waals surface area (Å²) in [6, 6.07) is 0. The van der Waals surface area contributed by atoms with Crippen molar-refractivity contribution in [3.63, 3.8) is 0 Å². The first kappa shape index (κ1) is 8.58. The van der Waals surface area contributed by atoms with Crippen molar-refractivity contribution in [1.82, 2.24) is 0 Å². The quantitative estimate of drug-likeness (QED) is 0.575. The van der Waals surface area contributed by atoms with E-state index in [9.17, 15) is 0 Å². The molecule has 0 spiro atoms. The highest BCUT2D eigenvalue weighted by atomic mass is 14.1. The third kappa shape index (κ3) is 2.21. The van der Waals surface area contributed by atoms with Crippen LogP contribution in [0, 0.1) is 5.92 Å². The van der Waals surface area contributed by atoms with Crippen molar-refractivity contribution in [2.24, 2.45) is 5.92 Å². The van der Waals surface area contributed by atoms with E-state index in [1.54, 1.807) is 5.57 Å². The maximum absolute atomic E-state index is 2.38. The van der Waals surface area contributed by atoms with Crippen molar-refractivity contribution < 1.29 is 0 Å². The maximum atomic E-state index is 2.38. The van der Waals surface area contributed by atoms with Crippen LogP contribution in [0.3, 0.4) is 0 Å². The topological polar surface area (TPSA) is 0 Å². The van der Waals surface area contributed by atoms with Gasteiger partial charge >= 0.3 is 0 Å². The highest BCUT2D eigenvalue weighted by Gasteiger charge is 2.07. The summed E-state index contributed by atoms with van der Waals surface area (Å²) in [7, 11) is 0. The Bertz CT molecular complexity index is 182. The minimum absolute atomic E-state index is 0.712. The van der Waals surface area contributed by atoms with Crippen molar-refractivity contribution >= 4 is 0 Å². The van der Waals surface area contributed by atoms with Crippen molar-refractivity contribution in [3.05, 3.63) is 23.3 Å². The summed E-state index contributed by atoms with van der Waals surface area (Å²) in [6.45, 7) is 6.77. The van der Waals surface area contributed by atoms with E-state index in [2.05, 4.69) is 32.9 Å². The van der Waals surface area contributed by atoms with E-state index in [4.69, 9.17) is 0 Å². The SMILES string of the molecule is CCCC1=CC(C(C)C)=CC1. The fourth-order valence-electron chi connectivity index (χ4n) is 1.50. The van der Waals surface area contributed by atoms with Gasteiger partial charge in [0.2, 0.25) is 0 Å². The van der Waals surface area contributed by atoms with Crippen LogP contribution in [0.15, 0.2) is 23.3 Å². The first-order valence-electron chi connectivity index (χ1n) is 4.63. The third-order valence-corrected chi connectivity index (χ3v) is 2.21. The van der Waals surface area contributed by atoms with Gasteiger partial charge in [-0.3, -0.25) is 0 Å². The van der Waals surface area contributed by atoms with Crippen LogP contribution in [-0.4, -0.2) is 0 Å². The standard InChI is InChI=1S/C11H18/c1-4-5-10-6-7-11(8-10)9(2)3/h7-9H,4-6H2,1-3H3. The Morgan fingerprint density at radius 2 is 2.18 bits per heavy atom. The van der Waals surface area contributed by atoms with Crippen LogP contribution in [0.2, 0.25) is 0 Å². The van der Waals surface area contributed by atoms with E-state index in [1.165, 1.54) is 24.8 Å². The van der Waals surface area contributed by atoms with Crippen LogP contribution in [-0.2, 0) is 0 Å². The van der Waals surface area contributed by atoms with E-state index in [1.807, 2.05) is 0 Å². The van der Waals surface area contributed by atoms with Crippen LogP contribution in [0.25, 0.3) is 0 Å². The lowest BCUT2D eigenvalue weighted by atomic mass is 10.0. The molecule has 1 aliphatic rings. The van der Waals surface area contributed by atoms with E-state index in [0.717, 1.165) is 0 Å². The average molecular weight is 150 g/mol. The molecule has 0 aromatic heterocycles. The monoisotopic (exact) mass is 150 g/mol. The van der Waals surface area contributed by atoms with Gasteiger partial charge in [0.25, 0.3) is 0 Å². The Kier molecular flexibility index (Phi) is 2.92. The summed E-state index contributed by atoms with van der Waals surface area (Å²) in [5, 5.41) is 0. The van der Waals surface area contributed by atoms with Crippen molar-refractivity contribution in [1.29, 1.82) is 0 Å². The summed E-state index contributed by atoms with van der Waals surface area (Å²) in [6.07, 6.45) is 8.53. The third-order valence-electron chi connectivity index (χ3n) is 2.21. The van der Waals surface area contributed by atoms with Crippen molar-refractivity contribution in [2.75, 3.05) is 0 Å². The summed E-state index contributed by atoms with van der Waals surface area (Å²) in [5.74, 6) is 0.712. The molecule has 0 aromatic carbocycles. The zero-order valence-electron chi connectivity index (χ0n) is 7.85. The normalized spacial score (nSPS) is 17.1. The van der Waals surface area contributed by atoms with Crippen LogP contribution in [0.1, 0.15) is 40.0 Å². The molecule has 0 aromatic rings. The smallest absolute Gasteiger partial charge is 0.0130 e. The van der Waals surface area contributed by atoms with Gasteiger partial charge in [-0.15, -0.1) is 0 Å². The van der Waals surface area contributed by atoms with Gasteiger partial charge < -0.3 is 0 Å². The molecule has 1 aliphatic carbocycles. The van der Waals surface area contributed by atoms with Crippen LogP contribution in [0.4, 0.5) is 0 Å². The van der Waals surface area contributed by atoms with Gasteiger partial charge in [-0.1, -0.05) is 44.9 Å². The van der Waals surface area contributed by atoms with E-state index < -0.39 is 0 Å². The lowest BCUT2D eigenvalue weighted by Crippen LogP contribution is -1.86. The molecule has 0 unspecified atom stereocenters. The van der Waals surface area contributed by atoms with E-state index >= 15 is 0 Å². The Morgan fingerprint density at radius 1 is 1.45 bits per heavy atom. The molecule has 0 atom stereocenters. The molecule has 1 rings (SSSR count). The fourth-order valence-corrected chi connectivity index (χ4v) is 1.50. The van der Waals surface area contributed by atoms with Crippen molar-refractivity contribution in [3.8, 4) is 0 Å². The number of hydrogen-bond acceptors (Lipinski definition) is 0. The summed E-state index contributed by atoms with van der Waals surface area (Å²) in [5.41, 5.74) is 3.16. The molecule has 0 bridgehead atoms. The second-order valence-electron chi connectivity index (χ2n) is 3.62. The molecule has 11 heavy (non-hydrogen) atoms. The van der Waals surface area contributed by atoms with Crippen molar-refractivity contribution in [2.45, 2.75) is 40.0 Å². The Balaban J connectivity index is 2.49. The first-order chi connectivity index (χ1) is 5.24. The minimum atomic E-state index is 0.712. The lowest BCUT2D eigenvalue weighted by Gasteiger charge is -2.01. The highest BCUT2D eigenvalue weighted by Crippen LogP contribution is 2.25. The van der Waals surface area contributed by atoms with E-state index in [0.29, 0.717) is 5.92 Å². The zero-order valence-corrected chi connectivity index (χ0v) is 7.85. The second-order valence-corrected chi connectivity index (χ2v) is 3.62. The summed E-state index contributed by atoms with van der Waals surface area (Å²) >= 11 is 0. The molecule has 62 valence electrons. The van der Waals surface area contributed by atoms with Crippen LogP contribution < -0.4 is 0 Å². The fraction of sp³-hybridized carbons (Fsp3) is 0.636. The molecule has 0 N–H and O–H groups in total. The molecule has 0 nitrogen and oxygen atoms in total. The van der Waals surface area contributed by atoms with Crippen LogP contribution in [0.5, 0.6) is 0 Å². The molecule has 0 saturated carbocycles. The van der Waals surface area contributed by atoms with Gasteiger partial charge in [0.05, 0.1) is 0 Å². The number of hydrogen-bond donors (Lipinski definition) is 0. The Labute approximate surface area is 70.0 Å². The van der Waals surface area contributed by atoms with Gasteiger partial charge in [0, 0.05) is 0 Å². The first-order valence-corrected chi connectivity index (χ1v) is 4.63. The van der Waals surface area contributed by atoms with Gasteiger partial charge in [0.1, 0.15) is 0 Å². The number of allylic oxidation sites excluding steroid dienone is 4. The molecule has 0 heteroatoms. The van der Waals surface area contributed by atoms with Gasteiger partial charge in [0.15, 0.2) is 0 Å². The molecular weight excluding hydrogens is 132 g/mol. The van der Waals surface area contributed by atoms with Gasteiger partial charge in [-0.2, -0.15) is 0 Å². The number of rotatable bonds is 3. The van der Waals surface area contributed by atoms with Gasteiger partial charge in [-0.25, -0.2) is 0 Å². The van der Waals surface area contributed by atoms with E-state index in [-0.39, 0.29) is 0 Å². The molecule has 0 radical (unpaired) electrons. The Hall–Kier alpha value is -0.520. The average Bonchev–Trinajstić information content (AvgIpc) is 2.37. The lowest BCUT2D eigenvalue weighted by molar-refractivity contribution is 0.792. The second kappa shape index (κ2) is 3.75. The molecule has 0 heterocycles. The van der Waals surface area contributed by atoms with Crippen LogP contribution >= 0.6 is 0 Å². The largest absolute Gasteiger partial charge is 0.0770 e. The zero-order chi connectivity index (χ0) is 8.27. The maximum Gasteiger partial charge on any atom is -0.0130 e. The molecule has 0 aliphatic heterocycles. The van der Waals surface area contributed by atoms with Gasteiger partial charge in [-0.05, 0) is 24.3 Å². The molecular formula is C11H18. The Morgan fingerprint density at radius 3 is 2.64 bits per heavy atom. The minimum Gasteiger partial charge on any atom is -0.0770 e. The summed E-state index contributed by atoms with van der Waals surface area (Å²) in [4.78, 5) is 0. The molecule has 0 saturated heterocycles.